The van der Waals surface area contributed by atoms with Crippen LogP contribution in [0, 0.1) is 11.3 Å². The molecule has 0 bridgehead atoms. The van der Waals surface area contributed by atoms with Crippen molar-refractivity contribution in [2.45, 2.75) is 23.1 Å². The van der Waals surface area contributed by atoms with Crippen LogP contribution < -0.4 is 5.32 Å². The molecule has 148 valence electrons. The normalized spacial score (nSPS) is 11.2. The van der Waals surface area contributed by atoms with E-state index in [9.17, 15) is 18.5 Å². The summed E-state index contributed by atoms with van der Waals surface area (Å²) in [5.74, 6) is -0.222. The van der Waals surface area contributed by atoms with E-state index in [1.807, 2.05) is 24.3 Å². The minimum absolute atomic E-state index is 0.222. The van der Waals surface area contributed by atoms with Crippen LogP contribution in [0.15, 0.2) is 58.3 Å². The molecule has 0 heterocycles. The lowest BCUT2D eigenvalue weighted by Gasteiger charge is -2.17. The van der Waals surface area contributed by atoms with Crippen LogP contribution in [0.5, 0.6) is 0 Å². The molecular formula is C20H23N3O3S2. The van der Waals surface area contributed by atoms with Crippen LogP contribution in [-0.2, 0) is 10.0 Å². The van der Waals surface area contributed by atoms with Crippen LogP contribution in [0.25, 0.3) is 0 Å². The molecule has 2 aromatic rings. The third kappa shape index (κ3) is 6.09. The van der Waals surface area contributed by atoms with Gasteiger partial charge in [0, 0.05) is 29.4 Å². The lowest BCUT2D eigenvalue weighted by Crippen LogP contribution is -2.33. The Labute approximate surface area is 170 Å². The van der Waals surface area contributed by atoms with E-state index in [2.05, 4.69) is 11.4 Å². The topological polar surface area (TPSA) is 90.3 Å². The maximum Gasteiger partial charge on any atom is 0.252 e. The standard InChI is InChI=1S/C20H23N3O3S2/c1-3-23(28(2,25)26)14-8-13-22-20(24)17-10-5-7-12-19(17)27-18-11-6-4-9-16(18)15-21/h4-7,9-12H,3,8,13-14H2,1-2H3,(H,22,24). The zero-order valence-electron chi connectivity index (χ0n) is 15.9. The van der Waals surface area contributed by atoms with Gasteiger partial charge in [-0.15, -0.1) is 0 Å². The summed E-state index contributed by atoms with van der Waals surface area (Å²) in [4.78, 5) is 14.1. The molecule has 0 saturated heterocycles. The number of hydrogen-bond acceptors (Lipinski definition) is 5. The van der Waals surface area contributed by atoms with Crippen molar-refractivity contribution >= 4 is 27.7 Å². The Bertz CT molecular complexity index is 969. The van der Waals surface area contributed by atoms with E-state index in [1.54, 1.807) is 31.2 Å². The maximum absolute atomic E-state index is 12.6. The molecule has 0 atom stereocenters. The van der Waals surface area contributed by atoms with Gasteiger partial charge >= 0.3 is 0 Å². The van der Waals surface area contributed by atoms with Gasteiger partial charge in [0.05, 0.1) is 17.4 Å². The van der Waals surface area contributed by atoms with Crippen LogP contribution in [0.1, 0.15) is 29.3 Å². The molecule has 2 rings (SSSR count). The second kappa shape index (κ2) is 10.3. The molecule has 0 aliphatic rings. The van der Waals surface area contributed by atoms with Gasteiger partial charge in [0.15, 0.2) is 0 Å². The van der Waals surface area contributed by atoms with E-state index in [4.69, 9.17) is 0 Å². The zero-order chi connectivity index (χ0) is 20.6. The SMILES string of the molecule is CCN(CCCNC(=O)c1ccccc1Sc1ccccc1C#N)S(C)(=O)=O. The summed E-state index contributed by atoms with van der Waals surface area (Å²) in [7, 11) is -3.22. The first-order valence-corrected chi connectivity index (χ1v) is 11.5. The average Bonchev–Trinajstić information content (AvgIpc) is 2.67. The Kier molecular flexibility index (Phi) is 8.05. The molecule has 0 aliphatic carbocycles. The van der Waals surface area contributed by atoms with Gasteiger partial charge in [-0.2, -0.15) is 5.26 Å². The van der Waals surface area contributed by atoms with E-state index in [0.29, 0.717) is 37.2 Å². The number of nitriles is 1. The van der Waals surface area contributed by atoms with E-state index >= 15 is 0 Å². The highest BCUT2D eigenvalue weighted by molar-refractivity contribution is 7.99. The Balaban J connectivity index is 2.02. The largest absolute Gasteiger partial charge is 0.352 e. The monoisotopic (exact) mass is 417 g/mol. The molecule has 0 spiro atoms. The van der Waals surface area contributed by atoms with Crippen molar-refractivity contribution in [2.75, 3.05) is 25.9 Å². The Morgan fingerprint density at radius 3 is 2.43 bits per heavy atom. The molecule has 0 aliphatic heterocycles. The van der Waals surface area contributed by atoms with Crippen LogP contribution in [0.3, 0.4) is 0 Å². The first-order chi connectivity index (χ1) is 13.4. The number of rotatable bonds is 9. The lowest BCUT2D eigenvalue weighted by molar-refractivity contribution is 0.0950. The number of nitrogens with zero attached hydrogens (tertiary/aromatic N) is 2. The molecular weight excluding hydrogens is 394 g/mol. The van der Waals surface area contributed by atoms with E-state index < -0.39 is 10.0 Å². The van der Waals surface area contributed by atoms with Crippen molar-refractivity contribution in [1.29, 1.82) is 5.26 Å². The quantitative estimate of drug-likeness (QED) is 0.633. The van der Waals surface area contributed by atoms with Crippen LogP contribution in [0.4, 0.5) is 0 Å². The predicted molar refractivity (Wildman–Crippen MR) is 111 cm³/mol. The number of benzene rings is 2. The minimum Gasteiger partial charge on any atom is -0.352 e. The molecule has 8 heteroatoms. The van der Waals surface area contributed by atoms with E-state index in [0.717, 1.165) is 9.79 Å². The molecule has 1 N–H and O–H groups in total. The molecule has 0 fully saturated rings. The van der Waals surface area contributed by atoms with Gasteiger partial charge in [0.1, 0.15) is 6.07 Å². The highest BCUT2D eigenvalue weighted by atomic mass is 32.2. The summed E-state index contributed by atoms with van der Waals surface area (Å²) in [6, 6.07) is 16.6. The fourth-order valence-electron chi connectivity index (χ4n) is 2.62. The van der Waals surface area contributed by atoms with Gasteiger partial charge in [0.25, 0.3) is 5.91 Å². The Hall–Kier alpha value is -2.34. The summed E-state index contributed by atoms with van der Waals surface area (Å²) >= 11 is 1.37. The van der Waals surface area contributed by atoms with Gasteiger partial charge in [0.2, 0.25) is 10.0 Å². The van der Waals surface area contributed by atoms with Crippen molar-refractivity contribution in [1.82, 2.24) is 9.62 Å². The summed E-state index contributed by atoms with van der Waals surface area (Å²) in [6.45, 7) is 2.93. The molecule has 0 unspecified atom stereocenters. The number of hydrogen-bond donors (Lipinski definition) is 1. The van der Waals surface area contributed by atoms with Crippen molar-refractivity contribution in [2.24, 2.45) is 0 Å². The predicted octanol–water partition coefficient (Wildman–Crippen LogP) is 3.11. The minimum atomic E-state index is -3.22. The van der Waals surface area contributed by atoms with Crippen molar-refractivity contribution in [3.8, 4) is 6.07 Å². The number of amides is 1. The Morgan fingerprint density at radius 1 is 1.14 bits per heavy atom. The van der Waals surface area contributed by atoms with Crippen molar-refractivity contribution in [3.63, 3.8) is 0 Å². The maximum atomic E-state index is 12.6. The van der Waals surface area contributed by atoms with E-state index in [1.165, 1.54) is 22.3 Å². The summed E-state index contributed by atoms with van der Waals surface area (Å²) < 4.78 is 24.6. The molecule has 0 aromatic heterocycles. The number of carbonyl (C=O) groups is 1. The zero-order valence-corrected chi connectivity index (χ0v) is 17.5. The van der Waals surface area contributed by atoms with E-state index in [-0.39, 0.29) is 5.91 Å². The van der Waals surface area contributed by atoms with Gasteiger partial charge in [-0.3, -0.25) is 4.79 Å². The first kappa shape index (κ1) is 22.0. The van der Waals surface area contributed by atoms with Crippen LogP contribution >= 0.6 is 11.8 Å². The van der Waals surface area contributed by atoms with Crippen LogP contribution in [0.2, 0.25) is 0 Å². The molecule has 0 radical (unpaired) electrons. The van der Waals surface area contributed by atoms with Gasteiger partial charge in [-0.25, -0.2) is 12.7 Å². The summed E-state index contributed by atoms with van der Waals surface area (Å²) in [5.41, 5.74) is 1.08. The first-order valence-electron chi connectivity index (χ1n) is 8.86. The lowest BCUT2D eigenvalue weighted by atomic mass is 10.2. The Morgan fingerprint density at radius 2 is 1.79 bits per heavy atom. The smallest absolute Gasteiger partial charge is 0.252 e. The van der Waals surface area contributed by atoms with Gasteiger partial charge in [-0.05, 0) is 30.7 Å². The van der Waals surface area contributed by atoms with Crippen molar-refractivity contribution in [3.05, 3.63) is 59.7 Å². The third-order valence-corrected chi connectivity index (χ3v) is 6.58. The van der Waals surface area contributed by atoms with Crippen molar-refractivity contribution < 1.29 is 13.2 Å². The summed E-state index contributed by atoms with van der Waals surface area (Å²) in [6.07, 6.45) is 1.71. The second-order valence-corrected chi connectivity index (χ2v) is 9.14. The fraction of sp³-hybridized carbons (Fsp3) is 0.300. The fourth-order valence-corrected chi connectivity index (χ4v) is 4.57. The number of nitrogens with one attached hydrogen (secondary N) is 1. The number of sulfonamides is 1. The second-order valence-electron chi connectivity index (χ2n) is 6.07. The highest BCUT2D eigenvalue weighted by Crippen LogP contribution is 2.32. The average molecular weight is 418 g/mol. The van der Waals surface area contributed by atoms with Gasteiger partial charge in [-0.1, -0.05) is 43.0 Å². The third-order valence-electron chi connectivity index (χ3n) is 4.05. The molecule has 6 nitrogen and oxygen atoms in total. The highest BCUT2D eigenvalue weighted by Gasteiger charge is 2.15. The molecule has 1 amide bonds. The molecule has 0 saturated carbocycles. The number of carbonyl (C=O) groups excluding carboxylic acids is 1. The molecule has 2 aromatic carbocycles. The van der Waals surface area contributed by atoms with Crippen LogP contribution in [-0.4, -0.2) is 44.5 Å². The summed E-state index contributed by atoms with van der Waals surface area (Å²) in [5, 5.41) is 12.1. The molecule has 28 heavy (non-hydrogen) atoms. The van der Waals surface area contributed by atoms with Gasteiger partial charge < -0.3 is 5.32 Å².